The summed E-state index contributed by atoms with van der Waals surface area (Å²) in [5.74, 6) is 0.449. The van der Waals surface area contributed by atoms with Gasteiger partial charge in [0.25, 0.3) is 0 Å². The zero-order valence-corrected chi connectivity index (χ0v) is 18.8. The summed E-state index contributed by atoms with van der Waals surface area (Å²) in [6, 6.07) is 9.84. The Kier molecular flexibility index (Phi) is 6.94. The molecule has 0 fully saturated rings. The van der Waals surface area contributed by atoms with Crippen LogP contribution >= 0.6 is 0 Å². The molecule has 0 saturated heterocycles. The smallest absolute Gasteiger partial charge is 0.335 e. The summed E-state index contributed by atoms with van der Waals surface area (Å²) < 4.78 is 5.83. The minimum atomic E-state index is -0.472. The van der Waals surface area contributed by atoms with E-state index in [4.69, 9.17) is 4.74 Å². The van der Waals surface area contributed by atoms with Crippen LogP contribution in [0.15, 0.2) is 43.0 Å². The Morgan fingerprint density at radius 2 is 1.69 bits per heavy atom. The SMILES string of the molecule is C=CC(=O)Oc1c(C(C)CC)cc(C)cc1C(c1cc(C)ccc1O)C(C)(C)C. The molecule has 0 aromatic heterocycles. The maximum atomic E-state index is 12.2. The van der Waals surface area contributed by atoms with Gasteiger partial charge in [-0.2, -0.15) is 0 Å². The molecule has 0 saturated carbocycles. The number of hydrogen-bond donors (Lipinski definition) is 1. The van der Waals surface area contributed by atoms with Crippen LogP contribution in [0.4, 0.5) is 0 Å². The highest BCUT2D eigenvalue weighted by Crippen LogP contribution is 2.49. The topological polar surface area (TPSA) is 46.5 Å². The zero-order chi connectivity index (χ0) is 21.9. The van der Waals surface area contributed by atoms with Crippen LogP contribution in [-0.2, 0) is 4.79 Å². The number of hydrogen-bond acceptors (Lipinski definition) is 3. The molecule has 0 aliphatic rings. The number of ether oxygens (including phenoxy) is 1. The average molecular weight is 395 g/mol. The molecular weight excluding hydrogens is 360 g/mol. The molecule has 3 nitrogen and oxygen atoms in total. The molecule has 0 heterocycles. The van der Waals surface area contributed by atoms with Gasteiger partial charge in [0, 0.05) is 23.1 Å². The van der Waals surface area contributed by atoms with Gasteiger partial charge in [-0.1, -0.05) is 76.6 Å². The molecule has 0 aliphatic heterocycles. The molecule has 1 N–H and O–H groups in total. The van der Waals surface area contributed by atoms with E-state index in [2.05, 4.69) is 60.3 Å². The highest BCUT2D eigenvalue weighted by atomic mass is 16.5. The first kappa shape index (κ1) is 22.7. The molecule has 29 heavy (non-hydrogen) atoms. The first-order chi connectivity index (χ1) is 13.5. The van der Waals surface area contributed by atoms with E-state index in [1.165, 1.54) is 6.08 Å². The van der Waals surface area contributed by atoms with E-state index < -0.39 is 5.97 Å². The lowest BCUT2D eigenvalue weighted by Crippen LogP contribution is -2.22. The summed E-state index contributed by atoms with van der Waals surface area (Å²) in [5, 5.41) is 10.7. The van der Waals surface area contributed by atoms with E-state index >= 15 is 0 Å². The van der Waals surface area contributed by atoms with Gasteiger partial charge in [0.15, 0.2) is 0 Å². The van der Waals surface area contributed by atoms with Crippen molar-refractivity contribution >= 4 is 5.97 Å². The largest absolute Gasteiger partial charge is 0.508 e. The van der Waals surface area contributed by atoms with Gasteiger partial charge in [-0.3, -0.25) is 0 Å². The molecular formula is C26H34O3. The molecule has 0 spiro atoms. The van der Waals surface area contributed by atoms with Crippen molar-refractivity contribution in [3.63, 3.8) is 0 Å². The zero-order valence-electron chi connectivity index (χ0n) is 18.8. The predicted molar refractivity (Wildman–Crippen MR) is 120 cm³/mol. The number of aryl methyl sites for hydroxylation is 2. The Balaban J connectivity index is 2.88. The molecule has 2 unspecified atom stereocenters. The number of carbonyl (C=O) groups is 1. The summed E-state index contributed by atoms with van der Waals surface area (Å²) in [6.07, 6.45) is 2.12. The Hall–Kier alpha value is -2.55. The van der Waals surface area contributed by atoms with Crippen molar-refractivity contribution in [3.8, 4) is 11.5 Å². The number of rotatable bonds is 6. The van der Waals surface area contributed by atoms with Crippen molar-refractivity contribution in [2.75, 3.05) is 0 Å². The fourth-order valence-electron chi connectivity index (χ4n) is 3.90. The van der Waals surface area contributed by atoms with Gasteiger partial charge in [-0.05, 0) is 43.2 Å². The van der Waals surface area contributed by atoms with Crippen molar-refractivity contribution < 1.29 is 14.6 Å². The first-order valence-electron chi connectivity index (χ1n) is 10.3. The van der Waals surface area contributed by atoms with Crippen LogP contribution in [0.3, 0.4) is 0 Å². The first-order valence-corrected chi connectivity index (χ1v) is 10.3. The Labute approximate surface area is 175 Å². The minimum Gasteiger partial charge on any atom is -0.508 e. The second-order valence-electron chi connectivity index (χ2n) is 9.07. The number of carbonyl (C=O) groups excluding carboxylic acids is 1. The summed E-state index contributed by atoms with van der Waals surface area (Å²) in [4.78, 5) is 12.2. The molecule has 3 heteroatoms. The number of esters is 1. The van der Waals surface area contributed by atoms with E-state index in [0.717, 1.165) is 34.2 Å². The fraction of sp³-hybridized carbons (Fsp3) is 0.423. The second-order valence-corrected chi connectivity index (χ2v) is 9.07. The van der Waals surface area contributed by atoms with Crippen molar-refractivity contribution in [2.45, 2.75) is 66.7 Å². The lowest BCUT2D eigenvalue weighted by molar-refractivity contribution is -0.129. The highest BCUT2D eigenvalue weighted by Gasteiger charge is 2.34. The predicted octanol–water partition coefficient (Wildman–Crippen LogP) is 6.79. The lowest BCUT2D eigenvalue weighted by Gasteiger charge is -2.34. The van der Waals surface area contributed by atoms with Gasteiger partial charge in [0.1, 0.15) is 11.5 Å². The van der Waals surface area contributed by atoms with Gasteiger partial charge < -0.3 is 9.84 Å². The molecule has 2 aromatic rings. The monoisotopic (exact) mass is 394 g/mol. The Morgan fingerprint density at radius 1 is 1.10 bits per heavy atom. The maximum Gasteiger partial charge on any atom is 0.335 e. The van der Waals surface area contributed by atoms with Gasteiger partial charge >= 0.3 is 5.97 Å². The lowest BCUT2D eigenvalue weighted by atomic mass is 9.70. The normalized spacial score (nSPS) is 13.6. The maximum absolute atomic E-state index is 12.2. The minimum absolute atomic E-state index is 0.155. The average Bonchev–Trinajstić information content (AvgIpc) is 2.64. The summed E-state index contributed by atoms with van der Waals surface area (Å²) in [5.41, 5.74) is 4.74. The van der Waals surface area contributed by atoms with Crippen LogP contribution in [0.25, 0.3) is 0 Å². The molecule has 2 rings (SSSR count). The van der Waals surface area contributed by atoms with Crippen molar-refractivity contribution in [1.82, 2.24) is 0 Å². The van der Waals surface area contributed by atoms with Crippen LogP contribution < -0.4 is 4.74 Å². The fourth-order valence-corrected chi connectivity index (χ4v) is 3.90. The Morgan fingerprint density at radius 3 is 2.24 bits per heavy atom. The van der Waals surface area contributed by atoms with Gasteiger partial charge in [-0.25, -0.2) is 4.79 Å². The molecule has 2 atom stereocenters. The molecule has 0 radical (unpaired) electrons. The quantitative estimate of drug-likeness (QED) is 0.333. The number of phenolic OH excluding ortho intramolecular Hbond substituents is 1. The Bertz CT molecular complexity index is 903. The van der Waals surface area contributed by atoms with Gasteiger partial charge in [0.05, 0.1) is 0 Å². The van der Waals surface area contributed by atoms with Crippen LogP contribution in [0, 0.1) is 19.3 Å². The molecule has 156 valence electrons. The summed E-state index contributed by atoms with van der Waals surface area (Å²) in [7, 11) is 0. The van der Waals surface area contributed by atoms with E-state index in [9.17, 15) is 9.90 Å². The van der Waals surface area contributed by atoms with Gasteiger partial charge in [-0.15, -0.1) is 0 Å². The summed E-state index contributed by atoms with van der Waals surface area (Å²) in [6.45, 7) is 18.3. The number of benzene rings is 2. The molecule has 0 amide bonds. The van der Waals surface area contributed by atoms with E-state index in [0.29, 0.717) is 5.75 Å². The van der Waals surface area contributed by atoms with Crippen LogP contribution in [0.2, 0.25) is 0 Å². The van der Waals surface area contributed by atoms with Gasteiger partial charge in [0.2, 0.25) is 0 Å². The second kappa shape index (κ2) is 8.86. The van der Waals surface area contributed by atoms with Crippen LogP contribution in [-0.4, -0.2) is 11.1 Å². The van der Waals surface area contributed by atoms with E-state index in [1.54, 1.807) is 6.07 Å². The van der Waals surface area contributed by atoms with Crippen molar-refractivity contribution in [3.05, 3.63) is 70.8 Å². The number of aromatic hydroxyl groups is 1. The third-order valence-corrected chi connectivity index (χ3v) is 5.47. The third-order valence-electron chi connectivity index (χ3n) is 5.47. The van der Waals surface area contributed by atoms with Crippen LogP contribution in [0.1, 0.15) is 80.7 Å². The van der Waals surface area contributed by atoms with Crippen molar-refractivity contribution in [1.29, 1.82) is 0 Å². The van der Waals surface area contributed by atoms with Crippen molar-refractivity contribution in [2.24, 2.45) is 5.41 Å². The highest BCUT2D eigenvalue weighted by molar-refractivity contribution is 5.84. The van der Waals surface area contributed by atoms with E-state index in [1.807, 2.05) is 19.1 Å². The third kappa shape index (κ3) is 5.09. The van der Waals surface area contributed by atoms with E-state index in [-0.39, 0.29) is 23.0 Å². The molecule has 2 aromatic carbocycles. The number of phenols is 1. The standard InChI is InChI=1S/C26H34O3/c1-9-18(5)19-14-17(4)15-21(25(19)29-23(28)10-2)24(26(6,7)8)20-13-16(3)11-12-22(20)27/h10-15,18,24,27H,2,9H2,1,3-8H3. The summed E-state index contributed by atoms with van der Waals surface area (Å²) >= 11 is 0. The van der Waals surface area contributed by atoms with Crippen LogP contribution in [0.5, 0.6) is 11.5 Å². The molecule has 0 bridgehead atoms. The molecule has 0 aliphatic carbocycles.